The van der Waals surface area contributed by atoms with Gasteiger partial charge in [0, 0.05) is 19.3 Å². The number of ether oxygens (including phenoxy) is 3. The molecule has 1 unspecified atom stereocenters. The van der Waals surface area contributed by atoms with Crippen LogP contribution < -0.4 is 0 Å². The van der Waals surface area contributed by atoms with Gasteiger partial charge >= 0.3 is 17.9 Å². The second-order valence-corrected chi connectivity index (χ2v) is 21.7. The second-order valence-electron chi connectivity index (χ2n) is 21.7. The zero-order chi connectivity index (χ0) is 51.4. The molecule has 6 nitrogen and oxygen atoms in total. The molecule has 0 aliphatic heterocycles. The molecular formula is C65H122O6. The van der Waals surface area contributed by atoms with Crippen LogP contribution in [0.2, 0.25) is 0 Å². The molecule has 0 aromatic carbocycles. The highest BCUT2D eigenvalue weighted by molar-refractivity contribution is 5.71. The zero-order valence-corrected chi connectivity index (χ0v) is 48.0. The number of hydrogen-bond acceptors (Lipinski definition) is 6. The van der Waals surface area contributed by atoms with Gasteiger partial charge in [0.1, 0.15) is 13.2 Å². The van der Waals surface area contributed by atoms with Crippen LogP contribution in [0.4, 0.5) is 0 Å². The number of esters is 3. The van der Waals surface area contributed by atoms with E-state index >= 15 is 0 Å². The van der Waals surface area contributed by atoms with Crippen LogP contribution in [0.25, 0.3) is 0 Å². The smallest absolute Gasteiger partial charge is 0.306 e. The lowest BCUT2D eigenvalue weighted by atomic mass is 10.0. The summed E-state index contributed by atoms with van der Waals surface area (Å²) >= 11 is 0. The predicted molar refractivity (Wildman–Crippen MR) is 307 cm³/mol. The summed E-state index contributed by atoms with van der Waals surface area (Å²) in [5.41, 5.74) is 0. The van der Waals surface area contributed by atoms with E-state index in [4.69, 9.17) is 14.2 Å². The molecule has 0 rings (SSSR count). The van der Waals surface area contributed by atoms with Gasteiger partial charge in [-0.15, -0.1) is 0 Å². The molecule has 0 spiro atoms. The maximum Gasteiger partial charge on any atom is 0.306 e. The van der Waals surface area contributed by atoms with E-state index in [1.54, 1.807) is 0 Å². The SMILES string of the molecule is CCCCCCC/C=C\C/C=C\CCCCCCCCCCCCCC(=O)OCC(COC(=O)CCCCCCCCC)OC(=O)CCCCCCCCCCCCCCCCCCCCCCCCC. The third-order valence-electron chi connectivity index (χ3n) is 14.5. The van der Waals surface area contributed by atoms with E-state index in [-0.39, 0.29) is 31.1 Å². The van der Waals surface area contributed by atoms with Crippen LogP contribution in [0.15, 0.2) is 24.3 Å². The van der Waals surface area contributed by atoms with Gasteiger partial charge in [0.05, 0.1) is 0 Å². The minimum absolute atomic E-state index is 0.0669. The van der Waals surface area contributed by atoms with Crippen molar-refractivity contribution >= 4 is 17.9 Å². The summed E-state index contributed by atoms with van der Waals surface area (Å²) in [6.07, 6.45) is 72.1. The van der Waals surface area contributed by atoms with Crippen molar-refractivity contribution in [1.82, 2.24) is 0 Å². The zero-order valence-electron chi connectivity index (χ0n) is 48.0. The van der Waals surface area contributed by atoms with Crippen molar-refractivity contribution in [3.8, 4) is 0 Å². The lowest BCUT2D eigenvalue weighted by Crippen LogP contribution is -2.30. The summed E-state index contributed by atoms with van der Waals surface area (Å²) in [5, 5.41) is 0. The maximum absolute atomic E-state index is 12.9. The van der Waals surface area contributed by atoms with Crippen molar-refractivity contribution in [2.24, 2.45) is 0 Å². The molecule has 0 bridgehead atoms. The molecular weight excluding hydrogens is 877 g/mol. The molecule has 1 atom stereocenters. The van der Waals surface area contributed by atoms with Crippen LogP contribution in [0.5, 0.6) is 0 Å². The molecule has 0 amide bonds. The summed E-state index contributed by atoms with van der Waals surface area (Å²) in [7, 11) is 0. The van der Waals surface area contributed by atoms with Gasteiger partial charge in [0.15, 0.2) is 6.10 Å². The Morgan fingerprint density at radius 1 is 0.282 bits per heavy atom. The Labute approximate surface area is 443 Å². The highest BCUT2D eigenvalue weighted by Gasteiger charge is 2.19. The summed E-state index contributed by atoms with van der Waals surface area (Å²) in [5.74, 6) is -0.851. The lowest BCUT2D eigenvalue weighted by Gasteiger charge is -2.18. The van der Waals surface area contributed by atoms with Gasteiger partial charge in [-0.1, -0.05) is 308 Å². The number of allylic oxidation sites excluding steroid dienone is 4. The van der Waals surface area contributed by atoms with Gasteiger partial charge in [0.25, 0.3) is 0 Å². The predicted octanol–water partition coefficient (Wildman–Crippen LogP) is 21.4. The van der Waals surface area contributed by atoms with Crippen LogP contribution in [-0.2, 0) is 28.6 Å². The molecule has 418 valence electrons. The molecule has 71 heavy (non-hydrogen) atoms. The Hall–Kier alpha value is -2.11. The average Bonchev–Trinajstić information content (AvgIpc) is 3.37. The summed E-state index contributed by atoms with van der Waals surface area (Å²) in [6, 6.07) is 0. The first kappa shape index (κ1) is 68.9. The molecule has 0 aromatic heterocycles. The van der Waals surface area contributed by atoms with Gasteiger partial charge in [-0.2, -0.15) is 0 Å². The maximum atomic E-state index is 12.9. The molecule has 0 radical (unpaired) electrons. The first-order chi connectivity index (χ1) is 35.0. The van der Waals surface area contributed by atoms with E-state index in [1.807, 2.05) is 0 Å². The fourth-order valence-electron chi connectivity index (χ4n) is 9.65. The number of carbonyl (C=O) groups excluding carboxylic acids is 3. The van der Waals surface area contributed by atoms with E-state index in [0.717, 1.165) is 64.2 Å². The van der Waals surface area contributed by atoms with Gasteiger partial charge in [-0.25, -0.2) is 0 Å². The van der Waals surface area contributed by atoms with E-state index in [0.29, 0.717) is 19.3 Å². The molecule has 6 heteroatoms. The highest BCUT2D eigenvalue weighted by Crippen LogP contribution is 2.18. The largest absolute Gasteiger partial charge is 0.462 e. The fourth-order valence-corrected chi connectivity index (χ4v) is 9.65. The second kappa shape index (κ2) is 60.4. The van der Waals surface area contributed by atoms with Crippen molar-refractivity contribution in [3.63, 3.8) is 0 Å². The first-order valence-corrected chi connectivity index (χ1v) is 31.8. The summed E-state index contributed by atoms with van der Waals surface area (Å²) in [4.78, 5) is 38.1. The number of unbranched alkanes of at least 4 members (excludes halogenated alkanes) is 44. The quantitative estimate of drug-likeness (QED) is 0.0261. The van der Waals surface area contributed by atoms with Crippen LogP contribution in [-0.4, -0.2) is 37.2 Å². The molecule has 0 aliphatic carbocycles. The topological polar surface area (TPSA) is 78.9 Å². The molecule has 0 N–H and O–H groups in total. The van der Waals surface area contributed by atoms with Gasteiger partial charge in [0.2, 0.25) is 0 Å². The number of rotatable bonds is 59. The Balaban J connectivity index is 4.09. The van der Waals surface area contributed by atoms with E-state index in [2.05, 4.69) is 45.1 Å². The third-order valence-corrected chi connectivity index (χ3v) is 14.5. The normalized spacial score (nSPS) is 12.1. The van der Waals surface area contributed by atoms with Crippen LogP contribution >= 0.6 is 0 Å². The minimum atomic E-state index is -0.766. The Morgan fingerprint density at radius 3 is 0.775 bits per heavy atom. The van der Waals surface area contributed by atoms with E-state index in [9.17, 15) is 14.4 Å². The standard InChI is InChI=1S/C65H122O6/c1-4-7-10-13-16-18-20-22-24-26-28-30-32-34-36-38-40-42-44-46-49-52-55-58-64(67)70-61-62(60-69-63(66)57-54-51-48-15-12-9-6-3)71-65(68)59-56-53-50-47-45-43-41-39-37-35-33-31-29-27-25-23-21-19-17-14-11-8-5-2/h20,22,26,28,62H,4-19,21,23-25,27,29-61H2,1-3H3/b22-20-,28-26-. The van der Waals surface area contributed by atoms with E-state index < -0.39 is 6.10 Å². The molecule has 0 saturated heterocycles. The molecule has 0 aliphatic rings. The van der Waals surface area contributed by atoms with Crippen LogP contribution in [0, 0.1) is 0 Å². The monoisotopic (exact) mass is 999 g/mol. The third kappa shape index (κ3) is 58.7. The van der Waals surface area contributed by atoms with Crippen molar-refractivity contribution in [3.05, 3.63) is 24.3 Å². The fraction of sp³-hybridized carbons (Fsp3) is 0.892. The van der Waals surface area contributed by atoms with Crippen molar-refractivity contribution in [2.45, 2.75) is 361 Å². The lowest BCUT2D eigenvalue weighted by molar-refractivity contribution is -0.167. The number of carbonyl (C=O) groups is 3. The van der Waals surface area contributed by atoms with E-state index in [1.165, 1.54) is 250 Å². The first-order valence-electron chi connectivity index (χ1n) is 31.8. The van der Waals surface area contributed by atoms with Gasteiger partial charge in [-0.3, -0.25) is 14.4 Å². The molecule has 0 fully saturated rings. The Morgan fingerprint density at radius 2 is 0.507 bits per heavy atom. The molecule has 0 aromatic rings. The van der Waals surface area contributed by atoms with Gasteiger partial charge in [-0.05, 0) is 51.4 Å². The molecule has 0 saturated carbocycles. The van der Waals surface area contributed by atoms with Crippen molar-refractivity contribution in [2.75, 3.05) is 13.2 Å². The summed E-state index contributed by atoms with van der Waals surface area (Å²) in [6.45, 7) is 6.65. The molecule has 0 heterocycles. The van der Waals surface area contributed by atoms with Crippen molar-refractivity contribution < 1.29 is 28.6 Å². The van der Waals surface area contributed by atoms with Gasteiger partial charge < -0.3 is 14.2 Å². The number of hydrogen-bond donors (Lipinski definition) is 0. The van der Waals surface area contributed by atoms with Crippen LogP contribution in [0.1, 0.15) is 355 Å². The highest BCUT2D eigenvalue weighted by atomic mass is 16.6. The Kier molecular flexibility index (Phi) is 58.6. The average molecular weight is 1000 g/mol. The summed E-state index contributed by atoms with van der Waals surface area (Å²) < 4.78 is 16.8. The Bertz CT molecular complexity index is 1150. The minimum Gasteiger partial charge on any atom is -0.462 e. The van der Waals surface area contributed by atoms with Crippen LogP contribution in [0.3, 0.4) is 0 Å². The van der Waals surface area contributed by atoms with Crippen molar-refractivity contribution in [1.29, 1.82) is 0 Å².